The Hall–Kier alpha value is -3.35. The van der Waals surface area contributed by atoms with Crippen molar-refractivity contribution in [1.29, 1.82) is 0 Å². The van der Waals surface area contributed by atoms with Crippen molar-refractivity contribution in [3.63, 3.8) is 0 Å². The van der Waals surface area contributed by atoms with E-state index in [0.29, 0.717) is 18.6 Å². The number of likely N-dealkylation sites (tertiary alicyclic amines) is 1. The summed E-state index contributed by atoms with van der Waals surface area (Å²) in [6, 6.07) is 9.53. The van der Waals surface area contributed by atoms with Crippen molar-refractivity contribution in [2.45, 2.75) is 56.8 Å². The summed E-state index contributed by atoms with van der Waals surface area (Å²) in [4.78, 5) is 45.2. The number of rotatable bonds is 6. The first-order valence-corrected chi connectivity index (χ1v) is 15.0. The summed E-state index contributed by atoms with van der Waals surface area (Å²) in [5.41, 5.74) is -0.337. The van der Waals surface area contributed by atoms with Gasteiger partial charge in [-0.15, -0.1) is 11.3 Å². The third-order valence-corrected chi connectivity index (χ3v) is 9.66. The van der Waals surface area contributed by atoms with E-state index in [9.17, 15) is 22.8 Å². The minimum Gasteiger partial charge on any atom is -0.409 e. The first-order chi connectivity index (χ1) is 18.5. The Morgan fingerprint density at radius 3 is 2.64 bits per heavy atom. The van der Waals surface area contributed by atoms with Gasteiger partial charge in [-0.1, -0.05) is 39.0 Å². The highest BCUT2D eigenvalue weighted by Crippen LogP contribution is 2.35. The fourth-order valence-electron chi connectivity index (χ4n) is 5.28. The molecule has 2 aliphatic rings. The van der Waals surface area contributed by atoms with Crippen molar-refractivity contribution in [1.82, 2.24) is 19.5 Å². The fraction of sp³-hybridized carbons (Fsp3) is 0.407. The molecule has 0 spiro atoms. The predicted octanol–water partition coefficient (Wildman–Crippen LogP) is 3.43. The van der Waals surface area contributed by atoms with Crippen LogP contribution in [0.3, 0.4) is 0 Å². The number of hydrogen-bond acceptors (Lipinski definition) is 8. The monoisotopic (exact) mass is 570 g/mol. The van der Waals surface area contributed by atoms with Crippen molar-refractivity contribution in [3.05, 3.63) is 54.0 Å². The number of carbonyl (C=O) groups is 3. The SMILES string of the molecule is CC(C)(C)CC(NC(=O)Oc1csc2ccccc12)C(=O)N1CCC2C1C(=O)CN2S(=O)(=O)c1ccccn1. The van der Waals surface area contributed by atoms with E-state index in [0.717, 1.165) is 14.4 Å². The second-order valence-corrected chi connectivity index (χ2v) is 13.7. The summed E-state index contributed by atoms with van der Waals surface area (Å²) in [5.74, 6) is -0.389. The Kier molecular flexibility index (Phi) is 7.21. The zero-order valence-electron chi connectivity index (χ0n) is 21.9. The largest absolute Gasteiger partial charge is 0.413 e. The molecule has 2 fully saturated rings. The van der Waals surface area contributed by atoms with E-state index in [4.69, 9.17) is 4.74 Å². The second kappa shape index (κ2) is 10.3. The van der Waals surface area contributed by atoms with E-state index in [1.165, 1.54) is 28.5 Å². The zero-order valence-corrected chi connectivity index (χ0v) is 23.5. The molecule has 2 amide bonds. The maximum atomic E-state index is 13.8. The number of aromatic nitrogens is 1. The molecule has 10 nitrogen and oxygen atoms in total. The predicted molar refractivity (Wildman–Crippen MR) is 146 cm³/mol. The molecule has 0 saturated carbocycles. The van der Waals surface area contributed by atoms with Crippen molar-refractivity contribution >= 4 is 49.2 Å². The number of nitrogens with one attached hydrogen (secondary N) is 1. The van der Waals surface area contributed by atoms with E-state index in [2.05, 4.69) is 10.3 Å². The van der Waals surface area contributed by atoms with Crippen LogP contribution in [-0.4, -0.2) is 71.6 Å². The standard InChI is InChI=1S/C27H30N4O6S2/c1-27(2,3)14-18(29-26(34)37-21-16-38-22-9-5-4-8-17(21)22)25(33)30-13-11-19-24(30)20(32)15-31(19)39(35,36)23-10-6-7-12-28-23/h4-10,12,16,18-19,24H,11,13-15H2,1-3H3,(H,29,34). The van der Waals surface area contributed by atoms with Crippen LogP contribution in [-0.2, 0) is 19.6 Å². The molecule has 0 bridgehead atoms. The minimum atomic E-state index is -4.02. The molecule has 1 aromatic carbocycles. The zero-order chi connectivity index (χ0) is 27.9. The minimum absolute atomic E-state index is 0.140. The summed E-state index contributed by atoms with van der Waals surface area (Å²) >= 11 is 1.45. The number of benzene rings is 1. The van der Waals surface area contributed by atoms with Gasteiger partial charge in [0.15, 0.2) is 16.6 Å². The summed E-state index contributed by atoms with van der Waals surface area (Å²) in [6.45, 7) is 5.70. The van der Waals surface area contributed by atoms with Crippen LogP contribution in [0.15, 0.2) is 59.1 Å². The normalized spacial score (nSPS) is 20.7. The molecular formula is C27H30N4O6S2. The maximum Gasteiger partial charge on any atom is 0.413 e. The van der Waals surface area contributed by atoms with E-state index in [1.54, 1.807) is 17.5 Å². The van der Waals surface area contributed by atoms with Crippen molar-refractivity contribution in [2.75, 3.05) is 13.1 Å². The maximum absolute atomic E-state index is 13.8. The number of nitrogens with zero attached hydrogens (tertiary/aromatic N) is 3. The number of amides is 2. The van der Waals surface area contributed by atoms with Crippen LogP contribution in [0.4, 0.5) is 4.79 Å². The van der Waals surface area contributed by atoms with Gasteiger partial charge < -0.3 is 15.0 Å². The molecule has 0 radical (unpaired) electrons. The van der Waals surface area contributed by atoms with Crippen LogP contribution in [0.25, 0.3) is 10.1 Å². The smallest absolute Gasteiger partial charge is 0.409 e. The number of fused-ring (bicyclic) bond motifs is 2. The Morgan fingerprint density at radius 1 is 1.18 bits per heavy atom. The molecule has 1 N–H and O–H groups in total. The van der Waals surface area contributed by atoms with Gasteiger partial charge in [0, 0.05) is 28.2 Å². The fourth-order valence-corrected chi connectivity index (χ4v) is 7.70. The van der Waals surface area contributed by atoms with Crippen LogP contribution >= 0.6 is 11.3 Å². The topological polar surface area (TPSA) is 126 Å². The molecular weight excluding hydrogens is 540 g/mol. The van der Waals surface area contributed by atoms with E-state index in [-0.39, 0.29) is 29.3 Å². The van der Waals surface area contributed by atoms with Crippen LogP contribution in [0.1, 0.15) is 33.6 Å². The summed E-state index contributed by atoms with van der Waals surface area (Å²) < 4.78 is 34.2. The average Bonchev–Trinajstić information content (AvgIpc) is 3.59. The van der Waals surface area contributed by atoms with Gasteiger partial charge in [-0.25, -0.2) is 18.2 Å². The van der Waals surface area contributed by atoms with Crippen LogP contribution < -0.4 is 10.1 Å². The van der Waals surface area contributed by atoms with Crippen LogP contribution in [0.5, 0.6) is 5.75 Å². The lowest BCUT2D eigenvalue weighted by Gasteiger charge is -2.31. The third-order valence-electron chi connectivity index (χ3n) is 6.93. The third kappa shape index (κ3) is 5.41. The van der Waals surface area contributed by atoms with E-state index in [1.807, 2.05) is 45.0 Å². The first kappa shape index (κ1) is 27.2. The second-order valence-electron chi connectivity index (χ2n) is 11.0. The first-order valence-electron chi connectivity index (χ1n) is 12.7. The van der Waals surface area contributed by atoms with Gasteiger partial charge in [-0.3, -0.25) is 9.59 Å². The Morgan fingerprint density at radius 2 is 1.92 bits per heavy atom. The quantitative estimate of drug-likeness (QED) is 0.481. The number of Topliss-reactive ketones (excluding diaryl/α,β-unsaturated/α-hetero) is 1. The molecule has 2 saturated heterocycles. The van der Waals surface area contributed by atoms with Gasteiger partial charge >= 0.3 is 6.09 Å². The number of ketones is 1. The molecule has 3 atom stereocenters. The average molecular weight is 571 g/mol. The number of pyridine rings is 1. The lowest BCUT2D eigenvalue weighted by atomic mass is 9.87. The van der Waals surface area contributed by atoms with E-state index < -0.39 is 40.1 Å². The summed E-state index contributed by atoms with van der Waals surface area (Å²) in [7, 11) is -4.02. The molecule has 39 heavy (non-hydrogen) atoms. The molecule has 3 unspecified atom stereocenters. The van der Waals surface area contributed by atoms with Gasteiger partial charge in [0.05, 0.1) is 12.6 Å². The lowest BCUT2D eigenvalue weighted by Crippen LogP contribution is -2.54. The summed E-state index contributed by atoms with van der Waals surface area (Å²) in [5, 5.41) is 5.11. The Labute approximate surface area is 231 Å². The van der Waals surface area contributed by atoms with E-state index >= 15 is 0 Å². The molecule has 4 heterocycles. The molecule has 5 rings (SSSR count). The number of ether oxygens (including phenoxy) is 1. The Balaban J connectivity index is 1.35. The van der Waals surface area contributed by atoms with Gasteiger partial charge in [-0.05, 0) is 42.5 Å². The molecule has 12 heteroatoms. The number of hydrogen-bond donors (Lipinski definition) is 1. The highest BCUT2D eigenvalue weighted by Gasteiger charge is 2.54. The molecule has 0 aliphatic carbocycles. The van der Waals surface area contributed by atoms with Gasteiger partial charge in [0.25, 0.3) is 10.0 Å². The van der Waals surface area contributed by atoms with Crippen LogP contribution in [0, 0.1) is 5.41 Å². The van der Waals surface area contributed by atoms with Gasteiger partial charge in [0.2, 0.25) is 5.91 Å². The van der Waals surface area contributed by atoms with Crippen molar-refractivity contribution < 1.29 is 27.5 Å². The molecule has 206 valence electrons. The molecule has 2 aliphatic heterocycles. The number of carbonyl (C=O) groups excluding carboxylic acids is 3. The lowest BCUT2D eigenvalue weighted by molar-refractivity contribution is -0.138. The van der Waals surface area contributed by atoms with Crippen LogP contribution in [0.2, 0.25) is 0 Å². The van der Waals surface area contributed by atoms with Crippen molar-refractivity contribution in [2.24, 2.45) is 5.41 Å². The Bertz CT molecular complexity index is 1520. The number of sulfonamides is 1. The summed E-state index contributed by atoms with van der Waals surface area (Å²) in [6.07, 6.45) is 1.22. The van der Waals surface area contributed by atoms with Crippen molar-refractivity contribution in [3.8, 4) is 5.75 Å². The number of thiophene rings is 1. The molecule has 3 aromatic rings. The van der Waals surface area contributed by atoms with Gasteiger partial charge in [0.1, 0.15) is 12.1 Å². The highest BCUT2D eigenvalue weighted by molar-refractivity contribution is 7.89. The highest BCUT2D eigenvalue weighted by atomic mass is 32.2. The molecule has 2 aromatic heterocycles. The van der Waals surface area contributed by atoms with Gasteiger partial charge in [-0.2, -0.15) is 4.31 Å².